The van der Waals surface area contributed by atoms with Crippen LogP contribution < -0.4 is 0 Å². The summed E-state index contributed by atoms with van der Waals surface area (Å²) in [5.41, 5.74) is -1.17. The van der Waals surface area contributed by atoms with Crippen molar-refractivity contribution in [2.24, 2.45) is 0 Å². The molecule has 1 heterocycles. The van der Waals surface area contributed by atoms with E-state index < -0.39 is 28.1 Å². The first-order chi connectivity index (χ1) is 9.06. The first-order valence-corrected chi connectivity index (χ1v) is 7.47. The number of hydrogen-bond donors (Lipinski definition) is 2. The molecule has 0 aliphatic carbocycles. The molecule has 1 rings (SSSR count). The Morgan fingerprint density at radius 1 is 1.50 bits per heavy atom. The lowest BCUT2D eigenvalue weighted by Crippen LogP contribution is -2.41. The lowest BCUT2D eigenvalue weighted by Gasteiger charge is -2.26. The molecule has 1 aromatic rings. The zero-order valence-corrected chi connectivity index (χ0v) is 12.5. The SMILES string of the molecule is CCN(CC(C)(C)O)S(=O)(=O)c1cnn(CC(=O)O)c1. The van der Waals surface area contributed by atoms with Crippen molar-refractivity contribution in [1.82, 2.24) is 14.1 Å². The van der Waals surface area contributed by atoms with E-state index in [0.717, 1.165) is 21.4 Å². The predicted molar refractivity (Wildman–Crippen MR) is 70.6 cm³/mol. The van der Waals surface area contributed by atoms with Crippen molar-refractivity contribution >= 4 is 16.0 Å². The minimum atomic E-state index is -3.80. The molecule has 0 saturated carbocycles. The van der Waals surface area contributed by atoms with Crippen molar-refractivity contribution in [3.05, 3.63) is 12.4 Å². The summed E-state index contributed by atoms with van der Waals surface area (Å²) in [7, 11) is -3.80. The van der Waals surface area contributed by atoms with Gasteiger partial charge in [-0.1, -0.05) is 6.92 Å². The van der Waals surface area contributed by atoms with Crippen LogP contribution in [0.15, 0.2) is 17.3 Å². The monoisotopic (exact) mass is 305 g/mol. The number of nitrogens with zero attached hydrogens (tertiary/aromatic N) is 3. The molecule has 114 valence electrons. The van der Waals surface area contributed by atoms with Crippen molar-refractivity contribution in [3.63, 3.8) is 0 Å². The molecule has 0 aliphatic heterocycles. The molecule has 0 saturated heterocycles. The minimum absolute atomic E-state index is 0.0596. The number of aromatic nitrogens is 2. The van der Waals surface area contributed by atoms with Crippen LogP contribution in [0.1, 0.15) is 20.8 Å². The third-order valence-corrected chi connectivity index (χ3v) is 4.33. The van der Waals surface area contributed by atoms with E-state index in [4.69, 9.17) is 5.11 Å². The maximum absolute atomic E-state index is 12.4. The second-order valence-corrected chi connectivity index (χ2v) is 6.95. The van der Waals surface area contributed by atoms with Gasteiger partial charge >= 0.3 is 5.97 Å². The van der Waals surface area contributed by atoms with Crippen LogP contribution in [-0.2, 0) is 21.4 Å². The van der Waals surface area contributed by atoms with Gasteiger partial charge in [0.2, 0.25) is 10.0 Å². The van der Waals surface area contributed by atoms with Gasteiger partial charge in [0.25, 0.3) is 0 Å². The largest absolute Gasteiger partial charge is 0.480 e. The third kappa shape index (κ3) is 4.29. The summed E-state index contributed by atoms with van der Waals surface area (Å²) in [6.45, 7) is 4.41. The van der Waals surface area contributed by atoms with E-state index in [1.165, 1.54) is 13.8 Å². The Labute approximate surface area is 117 Å². The topological polar surface area (TPSA) is 113 Å². The first-order valence-electron chi connectivity index (χ1n) is 6.03. The number of aliphatic hydroxyl groups is 1. The summed E-state index contributed by atoms with van der Waals surface area (Å²) in [4.78, 5) is 10.5. The van der Waals surface area contributed by atoms with Crippen LogP contribution in [0.4, 0.5) is 0 Å². The zero-order valence-electron chi connectivity index (χ0n) is 11.6. The van der Waals surface area contributed by atoms with Crippen molar-refractivity contribution < 1.29 is 23.4 Å². The number of carbonyl (C=O) groups is 1. The van der Waals surface area contributed by atoms with Gasteiger partial charge in [0.05, 0.1) is 11.8 Å². The molecule has 2 N–H and O–H groups in total. The fraction of sp³-hybridized carbons (Fsp3) is 0.636. The van der Waals surface area contributed by atoms with Crippen LogP contribution in [0.5, 0.6) is 0 Å². The number of likely N-dealkylation sites (N-methyl/N-ethyl adjacent to an activating group) is 1. The molecule has 9 heteroatoms. The van der Waals surface area contributed by atoms with Gasteiger partial charge in [-0.3, -0.25) is 9.48 Å². The van der Waals surface area contributed by atoms with E-state index in [0.29, 0.717) is 0 Å². The van der Waals surface area contributed by atoms with Crippen molar-refractivity contribution in [2.45, 2.75) is 37.8 Å². The molecule has 0 fully saturated rings. The Morgan fingerprint density at radius 3 is 2.55 bits per heavy atom. The van der Waals surface area contributed by atoms with Crippen LogP contribution >= 0.6 is 0 Å². The lowest BCUT2D eigenvalue weighted by molar-refractivity contribution is -0.137. The average Bonchev–Trinajstić information content (AvgIpc) is 2.72. The van der Waals surface area contributed by atoms with Gasteiger partial charge in [-0.05, 0) is 13.8 Å². The highest BCUT2D eigenvalue weighted by Gasteiger charge is 2.29. The Kier molecular flexibility index (Phi) is 4.90. The Hall–Kier alpha value is -1.45. The molecule has 0 spiro atoms. The molecule has 8 nitrogen and oxygen atoms in total. The normalized spacial score (nSPS) is 12.8. The van der Waals surface area contributed by atoms with Crippen LogP contribution in [0.25, 0.3) is 0 Å². The summed E-state index contributed by atoms with van der Waals surface area (Å²) in [5, 5.41) is 22.1. The van der Waals surface area contributed by atoms with Crippen molar-refractivity contribution in [2.75, 3.05) is 13.1 Å². The second kappa shape index (κ2) is 5.90. The van der Waals surface area contributed by atoms with Gasteiger partial charge in [-0.25, -0.2) is 8.42 Å². The number of hydrogen-bond acceptors (Lipinski definition) is 5. The minimum Gasteiger partial charge on any atom is -0.480 e. The highest BCUT2D eigenvalue weighted by Crippen LogP contribution is 2.17. The van der Waals surface area contributed by atoms with E-state index in [1.807, 2.05) is 0 Å². The fourth-order valence-electron chi connectivity index (χ4n) is 1.65. The Balaban J connectivity index is 3.02. The van der Waals surface area contributed by atoms with Crippen LogP contribution in [-0.4, -0.2) is 57.4 Å². The highest BCUT2D eigenvalue weighted by atomic mass is 32.2. The van der Waals surface area contributed by atoms with Gasteiger partial charge in [0.1, 0.15) is 11.4 Å². The maximum atomic E-state index is 12.4. The van der Waals surface area contributed by atoms with Gasteiger partial charge in [0.15, 0.2) is 0 Å². The molecule has 0 radical (unpaired) electrons. The van der Waals surface area contributed by atoms with E-state index in [2.05, 4.69) is 5.10 Å². The Bertz CT molecular complexity index is 573. The molecular formula is C11H19N3O5S. The van der Waals surface area contributed by atoms with Crippen molar-refractivity contribution in [3.8, 4) is 0 Å². The van der Waals surface area contributed by atoms with E-state index in [9.17, 15) is 18.3 Å². The highest BCUT2D eigenvalue weighted by molar-refractivity contribution is 7.89. The number of rotatable bonds is 7. The molecule has 0 aliphatic rings. The van der Waals surface area contributed by atoms with Crippen molar-refractivity contribution in [1.29, 1.82) is 0 Å². The molecule has 0 amide bonds. The van der Waals surface area contributed by atoms with Crippen LogP contribution in [0, 0.1) is 0 Å². The Morgan fingerprint density at radius 2 is 2.10 bits per heavy atom. The van der Waals surface area contributed by atoms with Gasteiger partial charge in [0, 0.05) is 19.3 Å². The quantitative estimate of drug-likeness (QED) is 0.718. The summed E-state index contributed by atoms with van der Waals surface area (Å²) in [6.07, 6.45) is 2.27. The lowest BCUT2D eigenvalue weighted by atomic mass is 10.1. The standard InChI is InChI=1S/C11H19N3O5S/c1-4-14(8-11(2,3)17)20(18,19)9-5-12-13(6-9)7-10(15)16/h5-6,17H,4,7-8H2,1-3H3,(H,15,16). The molecule has 0 aromatic carbocycles. The number of sulfonamides is 1. The fourth-order valence-corrected chi connectivity index (χ4v) is 3.21. The van der Waals surface area contributed by atoms with Crippen LogP contribution in [0.2, 0.25) is 0 Å². The molecular weight excluding hydrogens is 286 g/mol. The first kappa shape index (κ1) is 16.6. The zero-order chi connectivity index (χ0) is 15.6. The van der Waals surface area contributed by atoms with Gasteiger partial charge < -0.3 is 10.2 Å². The third-order valence-electron chi connectivity index (χ3n) is 2.46. The summed E-state index contributed by atoms with van der Waals surface area (Å²) >= 11 is 0. The molecule has 0 bridgehead atoms. The second-order valence-electron chi connectivity index (χ2n) is 5.01. The summed E-state index contributed by atoms with van der Waals surface area (Å²) < 4.78 is 26.9. The average molecular weight is 305 g/mol. The predicted octanol–water partition coefficient (Wildman–Crippen LogP) is -0.251. The summed E-state index contributed by atoms with van der Waals surface area (Å²) in [6, 6.07) is 0. The number of carboxylic acid groups (broad SMARTS) is 1. The molecule has 0 unspecified atom stereocenters. The van der Waals surface area contributed by atoms with Crippen LogP contribution in [0.3, 0.4) is 0 Å². The van der Waals surface area contributed by atoms with E-state index >= 15 is 0 Å². The van der Waals surface area contributed by atoms with Gasteiger partial charge in [-0.2, -0.15) is 9.40 Å². The summed E-state index contributed by atoms with van der Waals surface area (Å²) in [5.74, 6) is -1.11. The van der Waals surface area contributed by atoms with E-state index in [-0.39, 0.29) is 18.0 Å². The maximum Gasteiger partial charge on any atom is 0.325 e. The molecule has 0 atom stereocenters. The number of carboxylic acids is 1. The molecule has 1 aromatic heterocycles. The van der Waals surface area contributed by atoms with E-state index in [1.54, 1.807) is 6.92 Å². The number of aliphatic carboxylic acids is 1. The van der Waals surface area contributed by atoms with Gasteiger partial charge in [-0.15, -0.1) is 0 Å². The smallest absolute Gasteiger partial charge is 0.325 e. The molecule has 20 heavy (non-hydrogen) atoms.